The molecule has 0 fully saturated rings. The number of hydrogen-bond donors (Lipinski definition) is 0. The molecular formula is C16H13NO. The van der Waals surface area contributed by atoms with Gasteiger partial charge in [-0.15, -0.1) is 0 Å². The fraction of sp³-hybridized carbons (Fsp3) is 0.0625. The molecule has 0 bridgehead atoms. The van der Waals surface area contributed by atoms with E-state index in [0.717, 1.165) is 5.56 Å². The second kappa shape index (κ2) is 4.88. The van der Waals surface area contributed by atoms with Gasteiger partial charge in [-0.25, -0.2) is 0 Å². The number of benzene rings is 2. The molecule has 0 atom stereocenters. The molecule has 0 aliphatic rings. The van der Waals surface area contributed by atoms with Crippen molar-refractivity contribution in [1.29, 1.82) is 0 Å². The van der Waals surface area contributed by atoms with Crippen LogP contribution in [0.2, 0.25) is 0 Å². The lowest BCUT2D eigenvalue weighted by molar-refractivity contribution is 0.418. The summed E-state index contributed by atoms with van der Waals surface area (Å²) in [4.78, 5) is 0. The van der Waals surface area contributed by atoms with Crippen LogP contribution in [-0.2, 0) is 0 Å². The molecule has 3 aromatic rings. The third-order valence-electron chi connectivity index (χ3n) is 3.05. The van der Waals surface area contributed by atoms with E-state index in [9.17, 15) is 0 Å². The zero-order chi connectivity index (χ0) is 12.2. The molecule has 0 spiro atoms. The van der Waals surface area contributed by atoms with E-state index in [1.165, 1.54) is 11.1 Å². The Balaban J connectivity index is 2.11. The molecule has 0 aliphatic carbocycles. The number of rotatable bonds is 3. The van der Waals surface area contributed by atoms with Crippen molar-refractivity contribution in [2.24, 2.45) is 0 Å². The minimum Gasteiger partial charge on any atom is -0.364 e. The molecule has 2 nitrogen and oxygen atoms in total. The highest BCUT2D eigenvalue weighted by molar-refractivity contribution is 5.40. The van der Waals surface area contributed by atoms with Crippen LogP contribution in [0.4, 0.5) is 0 Å². The van der Waals surface area contributed by atoms with Crippen LogP contribution in [0.25, 0.3) is 0 Å². The summed E-state index contributed by atoms with van der Waals surface area (Å²) < 4.78 is 4.99. The van der Waals surface area contributed by atoms with E-state index in [-0.39, 0.29) is 5.92 Å². The summed E-state index contributed by atoms with van der Waals surface area (Å²) in [5.41, 5.74) is 3.56. The van der Waals surface area contributed by atoms with E-state index in [1.807, 2.05) is 12.1 Å². The lowest BCUT2D eigenvalue weighted by atomic mass is 9.87. The predicted octanol–water partition coefficient (Wildman–Crippen LogP) is 3.85. The quantitative estimate of drug-likeness (QED) is 0.689. The van der Waals surface area contributed by atoms with Crippen LogP contribution >= 0.6 is 0 Å². The monoisotopic (exact) mass is 235 g/mol. The molecule has 0 saturated heterocycles. The Hall–Kier alpha value is -2.35. The van der Waals surface area contributed by atoms with Crippen molar-refractivity contribution >= 4 is 0 Å². The third kappa shape index (κ3) is 2.05. The van der Waals surface area contributed by atoms with Crippen molar-refractivity contribution in [3.05, 3.63) is 89.8 Å². The zero-order valence-electron chi connectivity index (χ0n) is 9.86. The molecule has 0 saturated carbocycles. The zero-order valence-corrected chi connectivity index (χ0v) is 9.86. The third-order valence-corrected chi connectivity index (χ3v) is 3.05. The molecule has 18 heavy (non-hydrogen) atoms. The molecule has 1 aromatic heterocycles. The molecule has 2 aromatic carbocycles. The second-order valence-electron chi connectivity index (χ2n) is 4.21. The molecule has 0 aliphatic heterocycles. The van der Waals surface area contributed by atoms with Crippen LogP contribution in [0.3, 0.4) is 0 Å². The average molecular weight is 235 g/mol. The van der Waals surface area contributed by atoms with Crippen LogP contribution in [0.15, 0.2) is 77.6 Å². The first-order valence-corrected chi connectivity index (χ1v) is 5.94. The van der Waals surface area contributed by atoms with E-state index in [2.05, 4.69) is 53.7 Å². The van der Waals surface area contributed by atoms with E-state index in [0.29, 0.717) is 0 Å². The minimum atomic E-state index is 0.179. The molecule has 0 N–H and O–H groups in total. The number of hydrogen-bond acceptors (Lipinski definition) is 2. The number of aromatic nitrogens is 1. The van der Waals surface area contributed by atoms with Gasteiger partial charge in [0.05, 0.1) is 6.20 Å². The maximum atomic E-state index is 4.99. The smallest absolute Gasteiger partial charge is 0.127 e. The Labute approximate surface area is 106 Å². The maximum absolute atomic E-state index is 4.99. The van der Waals surface area contributed by atoms with Crippen molar-refractivity contribution in [3.63, 3.8) is 0 Å². The van der Waals surface area contributed by atoms with Crippen LogP contribution in [0.1, 0.15) is 22.6 Å². The van der Waals surface area contributed by atoms with E-state index < -0.39 is 0 Å². The molecule has 2 heteroatoms. The van der Waals surface area contributed by atoms with Crippen LogP contribution in [0, 0.1) is 0 Å². The lowest BCUT2D eigenvalue weighted by Crippen LogP contribution is -2.01. The summed E-state index contributed by atoms with van der Waals surface area (Å²) in [5.74, 6) is 0.179. The topological polar surface area (TPSA) is 26.0 Å². The van der Waals surface area contributed by atoms with Crippen molar-refractivity contribution in [1.82, 2.24) is 5.16 Å². The molecule has 0 radical (unpaired) electrons. The Morgan fingerprint density at radius 1 is 0.722 bits per heavy atom. The Morgan fingerprint density at radius 3 is 1.72 bits per heavy atom. The van der Waals surface area contributed by atoms with Gasteiger partial charge in [0.1, 0.15) is 6.26 Å². The van der Waals surface area contributed by atoms with E-state index in [4.69, 9.17) is 4.52 Å². The standard InChI is InChI=1S/C16H13NO/c1-3-7-13(8-4-1)16(15-11-17-18-12-15)14-9-5-2-6-10-14/h1-12,16H. The molecule has 0 unspecified atom stereocenters. The van der Waals surface area contributed by atoms with Gasteiger partial charge in [-0.05, 0) is 11.1 Å². The van der Waals surface area contributed by atoms with Crippen molar-refractivity contribution in [2.45, 2.75) is 5.92 Å². The summed E-state index contributed by atoms with van der Waals surface area (Å²) >= 11 is 0. The van der Waals surface area contributed by atoms with Gasteiger partial charge in [-0.2, -0.15) is 0 Å². The highest BCUT2D eigenvalue weighted by Crippen LogP contribution is 2.31. The van der Waals surface area contributed by atoms with Crippen molar-refractivity contribution in [2.75, 3.05) is 0 Å². The van der Waals surface area contributed by atoms with Gasteiger partial charge in [-0.1, -0.05) is 65.8 Å². The molecular weight excluding hydrogens is 222 g/mol. The van der Waals surface area contributed by atoms with Crippen LogP contribution in [-0.4, -0.2) is 5.16 Å². The Kier molecular flexibility index (Phi) is 2.92. The summed E-state index contributed by atoms with van der Waals surface area (Å²) in [7, 11) is 0. The van der Waals surface area contributed by atoms with Gasteiger partial charge >= 0.3 is 0 Å². The maximum Gasteiger partial charge on any atom is 0.127 e. The van der Waals surface area contributed by atoms with Crippen molar-refractivity contribution in [3.8, 4) is 0 Å². The summed E-state index contributed by atoms with van der Waals surface area (Å²) in [6, 6.07) is 20.8. The molecule has 88 valence electrons. The fourth-order valence-corrected chi connectivity index (χ4v) is 2.22. The molecule has 0 amide bonds. The van der Waals surface area contributed by atoms with Gasteiger partial charge < -0.3 is 4.52 Å². The normalized spacial score (nSPS) is 10.7. The highest BCUT2D eigenvalue weighted by Gasteiger charge is 2.17. The first-order valence-electron chi connectivity index (χ1n) is 5.94. The second-order valence-corrected chi connectivity index (χ2v) is 4.21. The van der Waals surface area contributed by atoms with Crippen molar-refractivity contribution < 1.29 is 4.52 Å². The number of nitrogens with zero attached hydrogens (tertiary/aromatic N) is 1. The van der Waals surface area contributed by atoms with Gasteiger partial charge in [0.15, 0.2) is 0 Å². The first-order chi connectivity index (χ1) is 8.95. The first kappa shape index (κ1) is 10.8. The molecule has 1 heterocycles. The minimum absolute atomic E-state index is 0.179. The van der Waals surface area contributed by atoms with Gasteiger partial charge in [-0.3, -0.25) is 0 Å². The Bertz CT molecular complexity index is 548. The summed E-state index contributed by atoms with van der Waals surface area (Å²) in [5, 5.41) is 3.82. The van der Waals surface area contributed by atoms with Crippen LogP contribution in [0.5, 0.6) is 0 Å². The molecule has 3 rings (SSSR count). The van der Waals surface area contributed by atoms with Crippen LogP contribution < -0.4 is 0 Å². The predicted molar refractivity (Wildman–Crippen MR) is 70.3 cm³/mol. The van der Waals surface area contributed by atoms with Gasteiger partial charge in [0.25, 0.3) is 0 Å². The van der Waals surface area contributed by atoms with E-state index >= 15 is 0 Å². The Morgan fingerprint density at radius 2 is 1.28 bits per heavy atom. The van der Waals surface area contributed by atoms with E-state index in [1.54, 1.807) is 12.5 Å². The van der Waals surface area contributed by atoms with Gasteiger partial charge in [0.2, 0.25) is 0 Å². The SMILES string of the molecule is c1ccc(C(c2ccccc2)c2cnoc2)cc1. The lowest BCUT2D eigenvalue weighted by Gasteiger charge is -2.15. The van der Waals surface area contributed by atoms with Gasteiger partial charge in [0, 0.05) is 11.5 Å². The average Bonchev–Trinajstić information content (AvgIpc) is 2.95. The fourth-order valence-electron chi connectivity index (χ4n) is 2.22. The largest absolute Gasteiger partial charge is 0.364 e. The summed E-state index contributed by atoms with van der Waals surface area (Å²) in [6.45, 7) is 0. The summed E-state index contributed by atoms with van der Waals surface area (Å²) in [6.07, 6.45) is 3.50. The highest BCUT2D eigenvalue weighted by atomic mass is 16.5.